The second-order valence-electron chi connectivity index (χ2n) is 8.42. The lowest BCUT2D eigenvalue weighted by Gasteiger charge is -2.21. The third-order valence-electron chi connectivity index (χ3n) is 5.03. The molecule has 0 aliphatic carbocycles. The molecule has 1 aromatic heterocycles. The van der Waals surface area contributed by atoms with Crippen LogP contribution in [0, 0.1) is 12.8 Å². The molecule has 0 spiro atoms. The maximum absolute atomic E-state index is 5.20. The van der Waals surface area contributed by atoms with Crippen LogP contribution in [0.3, 0.4) is 0 Å². The molecule has 27 heavy (non-hydrogen) atoms. The van der Waals surface area contributed by atoms with Crippen LogP contribution in [-0.4, -0.2) is 48.5 Å². The van der Waals surface area contributed by atoms with Crippen LogP contribution in [-0.2, 0) is 5.54 Å². The highest BCUT2D eigenvalue weighted by Gasteiger charge is 2.48. The van der Waals surface area contributed by atoms with Crippen molar-refractivity contribution in [3.8, 4) is 0 Å². The average Bonchev–Trinajstić information content (AvgIpc) is 3.35. The Balaban J connectivity index is 1.61. The summed E-state index contributed by atoms with van der Waals surface area (Å²) in [5, 5.41) is 6.82. The van der Waals surface area contributed by atoms with Gasteiger partial charge in [-0.15, -0.1) is 46.6 Å². The topological polar surface area (TPSA) is 50.0 Å². The van der Waals surface area contributed by atoms with Crippen molar-refractivity contribution in [3.63, 3.8) is 0 Å². The van der Waals surface area contributed by atoms with Crippen molar-refractivity contribution in [1.29, 1.82) is 0 Å². The van der Waals surface area contributed by atoms with E-state index in [9.17, 15) is 0 Å². The number of rotatable bonds is 4. The van der Waals surface area contributed by atoms with Gasteiger partial charge in [0, 0.05) is 34.3 Å². The molecule has 1 aromatic rings. The van der Waals surface area contributed by atoms with E-state index in [-0.39, 0.29) is 16.6 Å². The fourth-order valence-electron chi connectivity index (χ4n) is 3.29. The van der Waals surface area contributed by atoms with Crippen molar-refractivity contribution < 1.29 is 0 Å². The normalized spacial score (nSPS) is 36.3. The predicted octanol–water partition coefficient (Wildman–Crippen LogP) is 5.28. The molecule has 3 aliphatic heterocycles. The van der Waals surface area contributed by atoms with Gasteiger partial charge in [0.1, 0.15) is 21.6 Å². The quantitative estimate of drug-likeness (QED) is 0.642. The highest BCUT2D eigenvalue weighted by Crippen LogP contribution is 2.46. The van der Waals surface area contributed by atoms with E-state index >= 15 is 0 Å². The molecule has 0 saturated carbocycles. The lowest BCUT2D eigenvalue weighted by atomic mass is 10.0. The first-order valence-corrected chi connectivity index (χ1v) is 13.1. The van der Waals surface area contributed by atoms with E-state index in [2.05, 4.69) is 40.0 Å². The van der Waals surface area contributed by atoms with Gasteiger partial charge in [-0.25, -0.2) is 4.98 Å². The summed E-state index contributed by atoms with van der Waals surface area (Å²) in [5.74, 6) is 3.39. The van der Waals surface area contributed by atoms with Gasteiger partial charge in [-0.2, -0.15) is 0 Å². The SMILES string of the molecule is Cc1csc([C@]2(C)CSC([C@@]3(C)CSC([C@@]4(C)CSC(C(C)C)=N4)=N3)=N2)n1. The van der Waals surface area contributed by atoms with Gasteiger partial charge in [0.05, 0.1) is 15.1 Å². The lowest BCUT2D eigenvalue weighted by Crippen LogP contribution is -2.33. The maximum atomic E-state index is 5.20. The molecule has 0 radical (unpaired) electrons. The van der Waals surface area contributed by atoms with E-state index in [0.717, 1.165) is 33.0 Å². The van der Waals surface area contributed by atoms with Crippen LogP contribution >= 0.6 is 46.6 Å². The van der Waals surface area contributed by atoms with Crippen LogP contribution in [0.5, 0.6) is 0 Å². The molecule has 3 atom stereocenters. The van der Waals surface area contributed by atoms with Gasteiger partial charge in [0.15, 0.2) is 0 Å². The molecule has 8 heteroatoms. The van der Waals surface area contributed by atoms with Crippen molar-refractivity contribution in [3.05, 3.63) is 16.1 Å². The molecular weight excluding hydrogens is 413 g/mol. The fraction of sp³-hybridized carbons (Fsp3) is 0.684. The Morgan fingerprint density at radius 1 is 0.852 bits per heavy atom. The number of thioether (sulfide) groups is 3. The van der Waals surface area contributed by atoms with Crippen molar-refractivity contribution in [2.75, 3.05) is 17.3 Å². The minimum absolute atomic E-state index is 0.174. The Bertz CT molecular complexity index is 858. The summed E-state index contributed by atoms with van der Waals surface area (Å²) in [6, 6.07) is 0. The van der Waals surface area contributed by atoms with E-state index in [0.29, 0.717) is 5.92 Å². The summed E-state index contributed by atoms with van der Waals surface area (Å²) in [6.45, 7) is 13.2. The second kappa shape index (κ2) is 6.89. The standard InChI is InChI=1S/C19H26N4S4/c1-11(2)13-21-18(5,8-25-13)15-23-19(6,10-27-15)16-22-17(4,9-26-16)14-20-12(3)7-24-14/h7,11H,8-10H2,1-6H3/t17-,18+,19+/m0/s1. The minimum atomic E-state index is -0.238. The Labute approximate surface area is 178 Å². The third kappa shape index (κ3) is 3.55. The van der Waals surface area contributed by atoms with Gasteiger partial charge in [-0.3, -0.25) is 15.0 Å². The Kier molecular flexibility index (Phi) is 5.10. The summed E-state index contributed by atoms with van der Waals surface area (Å²) in [7, 11) is 0. The van der Waals surface area contributed by atoms with Crippen LogP contribution < -0.4 is 0 Å². The monoisotopic (exact) mass is 438 g/mol. The van der Waals surface area contributed by atoms with E-state index in [1.807, 2.05) is 42.2 Å². The van der Waals surface area contributed by atoms with Gasteiger partial charge in [-0.1, -0.05) is 13.8 Å². The fourth-order valence-corrected chi connectivity index (χ4v) is 8.33. The van der Waals surface area contributed by atoms with E-state index in [1.54, 1.807) is 11.3 Å². The number of aliphatic imine (C=N–C) groups is 3. The second-order valence-corrected chi connectivity index (χ2v) is 12.2. The highest BCUT2D eigenvalue weighted by atomic mass is 32.2. The van der Waals surface area contributed by atoms with Crippen LogP contribution in [0.2, 0.25) is 0 Å². The Morgan fingerprint density at radius 3 is 1.96 bits per heavy atom. The number of aromatic nitrogens is 1. The molecule has 0 bridgehead atoms. The van der Waals surface area contributed by atoms with Gasteiger partial charge in [-0.05, 0) is 27.7 Å². The zero-order chi connectivity index (χ0) is 19.4. The van der Waals surface area contributed by atoms with Crippen LogP contribution in [0.1, 0.15) is 45.3 Å². The number of thiazole rings is 1. The molecule has 0 aromatic carbocycles. The summed E-state index contributed by atoms with van der Waals surface area (Å²) < 4.78 is 0. The first-order chi connectivity index (χ1) is 12.6. The number of nitrogens with zero attached hydrogens (tertiary/aromatic N) is 4. The molecule has 4 nitrogen and oxygen atoms in total. The molecule has 0 unspecified atom stereocenters. The molecule has 3 aliphatic rings. The first-order valence-electron chi connectivity index (χ1n) is 9.25. The molecule has 0 amide bonds. The molecule has 0 fully saturated rings. The average molecular weight is 439 g/mol. The number of hydrogen-bond acceptors (Lipinski definition) is 8. The Hall–Kier alpha value is -0.310. The van der Waals surface area contributed by atoms with E-state index < -0.39 is 0 Å². The summed E-state index contributed by atoms with van der Waals surface area (Å²) in [6.07, 6.45) is 0. The van der Waals surface area contributed by atoms with Crippen molar-refractivity contribution in [2.24, 2.45) is 20.9 Å². The largest absolute Gasteiger partial charge is 0.268 e. The molecule has 0 N–H and O–H groups in total. The molecule has 4 heterocycles. The molecule has 0 saturated heterocycles. The predicted molar refractivity (Wildman–Crippen MR) is 126 cm³/mol. The summed E-state index contributed by atoms with van der Waals surface area (Å²) >= 11 is 7.33. The van der Waals surface area contributed by atoms with E-state index in [1.165, 1.54) is 10.1 Å². The van der Waals surface area contributed by atoms with Crippen molar-refractivity contribution in [2.45, 2.75) is 58.2 Å². The maximum Gasteiger partial charge on any atom is 0.121 e. The summed E-state index contributed by atoms with van der Waals surface area (Å²) in [5.41, 5.74) is 0.449. The molecule has 4 rings (SSSR count). The van der Waals surface area contributed by atoms with Gasteiger partial charge >= 0.3 is 0 Å². The molecule has 146 valence electrons. The van der Waals surface area contributed by atoms with Crippen LogP contribution in [0.4, 0.5) is 0 Å². The zero-order valence-electron chi connectivity index (χ0n) is 16.7. The highest BCUT2D eigenvalue weighted by molar-refractivity contribution is 8.17. The third-order valence-corrected chi connectivity index (χ3v) is 10.8. The van der Waals surface area contributed by atoms with Gasteiger partial charge in [0.25, 0.3) is 0 Å². The van der Waals surface area contributed by atoms with Gasteiger partial charge < -0.3 is 0 Å². The summed E-state index contributed by atoms with van der Waals surface area (Å²) in [4.78, 5) is 20.1. The van der Waals surface area contributed by atoms with Crippen LogP contribution in [0.25, 0.3) is 0 Å². The van der Waals surface area contributed by atoms with Crippen molar-refractivity contribution in [1.82, 2.24) is 4.98 Å². The van der Waals surface area contributed by atoms with Crippen molar-refractivity contribution >= 4 is 61.8 Å². The molecular formula is C19H26N4S4. The number of aryl methyl sites for hydroxylation is 1. The van der Waals surface area contributed by atoms with Gasteiger partial charge in [0.2, 0.25) is 0 Å². The Morgan fingerprint density at radius 2 is 1.41 bits per heavy atom. The first kappa shape index (κ1) is 20.0. The van der Waals surface area contributed by atoms with E-state index in [4.69, 9.17) is 20.0 Å². The number of hydrogen-bond donors (Lipinski definition) is 0. The zero-order valence-corrected chi connectivity index (χ0v) is 20.0. The lowest BCUT2D eigenvalue weighted by molar-refractivity contribution is 0.567. The van der Waals surface area contributed by atoms with Crippen LogP contribution in [0.15, 0.2) is 20.4 Å². The minimum Gasteiger partial charge on any atom is -0.268 e. The smallest absolute Gasteiger partial charge is 0.121 e.